The molecule has 0 amide bonds. The van der Waals surface area contributed by atoms with Crippen molar-refractivity contribution in [2.45, 2.75) is 6.04 Å². The number of rotatable bonds is 2. The summed E-state index contributed by atoms with van der Waals surface area (Å²) in [4.78, 5) is 9.65. The zero-order valence-corrected chi connectivity index (χ0v) is 9.66. The van der Waals surface area contributed by atoms with Gasteiger partial charge < -0.3 is 15.9 Å². The van der Waals surface area contributed by atoms with Gasteiger partial charge in [0.2, 0.25) is 0 Å². The fraction of sp³-hybridized carbons (Fsp3) is 0.667. The standard InChI is InChI=1S/C3H7NO3.2Na/c4-2(1-5)3(6)7;;/h2,5H,1,4H2,(H,6,7);;/t2-;;/m0../s1. The summed E-state index contributed by atoms with van der Waals surface area (Å²) in [5.41, 5.74) is 4.77. The van der Waals surface area contributed by atoms with Crippen molar-refractivity contribution >= 4 is 65.1 Å². The van der Waals surface area contributed by atoms with Crippen molar-refractivity contribution in [3.8, 4) is 0 Å². The maximum Gasteiger partial charge on any atom is 0.322 e. The van der Waals surface area contributed by atoms with Gasteiger partial charge in [-0.15, -0.1) is 0 Å². The smallest absolute Gasteiger partial charge is 0.322 e. The summed E-state index contributed by atoms with van der Waals surface area (Å²) >= 11 is 0. The summed E-state index contributed by atoms with van der Waals surface area (Å²) in [6.45, 7) is -0.505. The normalized spacial score (nSPS) is 10.4. The van der Waals surface area contributed by atoms with Gasteiger partial charge in [0.15, 0.2) is 0 Å². The number of aliphatic hydroxyl groups is 1. The molecular formula is C3H7NNa2O3. The number of aliphatic hydroxyl groups excluding tert-OH is 1. The Morgan fingerprint density at radius 1 is 1.56 bits per heavy atom. The van der Waals surface area contributed by atoms with Crippen molar-refractivity contribution in [3.63, 3.8) is 0 Å². The summed E-state index contributed by atoms with van der Waals surface area (Å²) in [6.07, 6.45) is 0. The molecule has 44 valence electrons. The first kappa shape index (κ1) is 16.8. The number of hydrogen-bond acceptors (Lipinski definition) is 3. The van der Waals surface area contributed by atoms with E-state index in [1.54, 1.807) is 0 Å². The maximum absolute atomic E-state index is 9.65. The molecule has 0 saturated heterocycles. The van der Waals surface area contributed by atoms with Gasteiger partial charge in [0.05, 0.1) is 6.61 Å². The van der Waals surface area contributed by atoms with Crippen LogP contribution < -0.4 is 5.73 Å². The average Bonchev–Trinajstić information content (AvgIpc) is 1.65. The van der Waals surface area contributed by atoms with E-state index in [0.717, 1.165) is 0 Å². The molecule has 2 radical (unpaired) electrons. The Hall–Kier alpha value is 1.39. The Labute approximate surface area is 97.4 Å². The van der Waals surface area contributed by atoms with Gasteiger partial charge in [0, 0.05) is 59.1 Å². The van der Waals surface area contributed by atoms with Gasteiger partial charge in [0.1, 0.15) is 6.04 Å². The van der Waals surface area contributed by atoms with Crippen molar-refractivity contribution < 1.29 is 15.0 Å². The van der Waals surface area contributed by atoms with E-state index in [4.69, 9.17) is 15.9 Å². The van der Waals surface area contributed by atoms with Crippen LogP contribution in [0.2, 0.25) is 0 Å². The van der Waals surface area contributed by atoms with Crippen LogP contribution in [0.25, 0.3) is 0 Å². The molecule has 0 aromatic carbocycles. The van der Waals surface area contributed by atoms with Gasteiger partial charge in [-0.3, -0.25) is 4.79 Å². The molecule has 0 aliphatic rings. The van der Waals surface area contributed by atoms with Crippen LogP contribution in [0.5, 0.6) is 0 Å². The second-order valence-corrected chi connectivity index (χ2v) is 1.13. The second kappa shape index (κ2) is 9.39. The third-order valence-corrected chi connectivity index (χ3v) is 0.514. The van der Waals surface area contributed by atoms with E-state index in [0.29, 0.717) is 0 Å². The predicted molar refractivity (Wildman–Crippen MR) is 34.2 cm³/mol. The second-order valence-electron chi connectivity index (χ2n) is 1.13. The van der Waals surface area contributed by atoms with Gasteiger partial charge in [-0.2, -0.15) is 0 Å². The molecule has 4 N–H and O–H groups in total. The Morgan fingerprint density at radius 3 is 1.89 bits per heavy atom. The van der Waals surface area contributed by atoms with Crippen molar-refractivity contribution in [1.29, 1.82) is 0 Å². The van der Waals surface area contributed by atoms with Crippen molar-refractivity contribution in [1.82, 2.24) is 0 Å². The minimum Gasteiger partial charge on any atom is -0.480 e. The minimum atomic E-state index is -1.18. The quantitative estimate of drug-likeness (QED) is 0.385. The maximum atomic E-state index is 9.65. The SMILES string of the molecule is N[C@@H](CO)C(=O)O.[Na].[Na]. The van der Waals surface area contributed by atoms with E-state index >= 15 is 0 Å². The Morgan fingerprint density at radius 2 is 1.89 bits per heavy atom. The third-order valence-electron chi connectivity index (χ3n) is 0.514. The van der Waals surface area contributed by atoms with Crippen LogP contribution in [-0.4, -0.2) is 87.9 Å². The van der Waals surface area contributed by atoms with Crippen LogP contribution in [0.3, 0.4) is 0 Å². The van der Waals surface area contributed by atoms with E-state index in [1.807, 2.05) is 0 Å². The molecule has 9 heavy (non-hydrogen) atoms. The van der Waals surface area contributed by atoms with Gasteiger partial charge in [-0.1, -0.05) is 0 Å². The summed E-state index contributed by atoms with van der Waals surface area (Å²) in [5.74, 6) is -1.18. The molecule has 0 saturated carbocycles. The van der Waals surface area contributed by atoms with E-state index in [-0.39, 0.29) is 59.1 Å². The van der Waals surface area contributed by atoms with E-state index in [2.05, 4.69) is 0 Å². The average molecular weight is 151 g/mol. The van der Waals surface area contributed by atoms with Gasteiger partial charge in [0.25, 0.3) is 0 Å². The summed E-state index contributed by atoms with van der Waals surface area (Å²) < 4.78 is 0. The first-order valence-corrected chi connectivity index (χ1v) is 1.77. The van der Waals surface area contributed by atoms with Crippen LogP contribution >= 0.6 is 0 Å². The van der Waals surface area contributed by atoms with Crippen LogP contribution in [-0.2, 0) is 4.79 Å². The zero-order valence-electron chi connectivity index (χ0n) is 5.66. The molecular weight excluding hydrogens is 144 g/mol. The molecule has 0 unspecified atom stereocenters. The van der Waals surface area contributed by atoms with Crippen LogP contribution in [0.1, 0.15) is 0 Å². The number of nitrogens with two attached hydrogens (primary N) is 1. The number of hydrogen-bond donors (Lipinski definition) is 3. The molecule has 0 fully saturated rings. The number of carboxylic acid groups (broad SMARTS) is 1. The fourth-order valence-electron chi connectivity index (χ4n) is 0.0781. The van der Waals surface area contributed by atoms with E-state index in [9.17, 15) is 4.79 Å². The molecule has 0 bridgehead atoms. The van der Waals surface area contributed by atoms with E-state index < -0.39 is 18.6 Å². The van der Waals surface area contributed by atoms with Crippen LogP contribution in [0.15, 0.2) is 0 Å². The fourth-order valence-corrected chi connectivity index (χ4v) is 0.0781. The third kappa shape index (κ3) is 9.39. The zero-order chi connectivity index (χ0) is 5.86. The molecule has 0 aromatic heterocycles. The Balaban J connectivity index is -0.000000180. The molecule has 0 aliphatic heterocycles. The number of carbonyl (C=O) groups is 1. The Kier molecular flexibility index (Phi) is 17.5. The molecule has 0 heterocycles. The summed E-state index contributed by atoms with van der Waals surface area (Å²) in [6, 6.07) is -1.13. The largest absolute Gasteiger partial charge is 0.480 e. The molecule has 0 aliphatic carbocycles. The molecule has 0 aromatic rings. The number of carboxylic acids is 1. The summed E-state index contributed by atoms with van der Waals surface area (Å²) in [5, 5.41) is 15.9. The van der Waals surface area contributed by atoms with Crippen molar-refractivity contribution in [2.75, 3.05) is 6.61 Å². The molecule has 0 rings (SSSR count). The van der Waals surface area contributed by atoms with Crippen molar-refractivity contribution in [2.24, 2.45) is 5.73 Å². The monoisotopic (exact) mass is 151 g/mol. The van der Waals surface area contributed by atoms with Crippen LogP contribution in [0.4, 0.5) is 0 Å². The minimum absolute atomic E-state index is 0. The topological polar surface area (TPSA) is 83.5 Å². The van der Waals surface area contributed by atoms with Crippen molar-refractivity contribution in [3.05, 3.63) is 0 Å². The van der Waals surface area contributed by atoms with Crippen LogP contribution in [0, 0.1) is 0 Å². The van der Waals surface area contributed by atoms with Gasteiger partial charge >= 0.3 is 5.97 Å². The summed E-state index contributed by atoms with van der Waals surface area (Å²) in [7, 11) is 0. The Bertz CT molecular complexity index is 79.5. The van der Waals surface area contributed by atoms with E-state index in [1.165, 1.54) is 0 Å². The van der Waals surface area contributed by atoms with Gasteiger partial charge in [-0.05, 0) is 0 Å². The molecule has 4 nitrogen and oxygen atoms in total. The first-order chi connectivity index (χ1) is 3.18. The number of aliphatic carboxylic acids is 1. The first-order valence-electron chi connectivity index (χ1n) is 1.77. The molecule has 6 heteroatoms. The molecule has 0 spiro atoms. The van der Waals surface area contributed by atoms with Gasteiger partial charge in [-0.25, -0.2) is 0 Å². The predicted octanol–water partition coefficient (Wildman–Crippen LogP) is -2.37. The molecule has 1 atom stereocenters.